The maximum absolute atomic E-state index is 13.8. The highest BCUT2D eigenvalue weighted by Crippen LogP contribution is 2.34. The van der Waals surface area contributed by atoms with E-state index < -0.39 is 33.8 Å². The van der Waals surface area contributed by atoms with Crippen molar-refractivity contribution in [2.24, 2.45) is 0 Å². The fraction of sp³-hybridized carbons (Fsp3) is 0.552. The Kier molecular flexibility index (Phi) is 10.1. The fourth-order valence-electron chi connectivity index (χ4n) is 4.33. The lowest BCUT2D eigenvalue weighted by molar-refractivity contribution is -0.290. The summed E-state index contributed by atoms with van der Waals surface area (Å²) >= 11 is 0. The van der Waals surface area contributed by atoms with Gasteiger partial charge in [-0.3, -0.25) is 4.79 Å². The van der Waals surface area contributed by atoms with Gasteiger partial charge in [-0.25, -0.2) is 27.1 Å². The van der Waals surface area contributed by atoms with Crippen LogP contribution in [0, 0.1) is 5.82 Å². The van der Waals surface area contributed by atoms with Crippen molar-refractivity contribution in [3.8, 4) is 11.3 Å². The van der Waals surface area contributed by atoms with Crippen molar-refractivity contribution >= 4 is 28.0 Å². The molecule has 3 rings (SSSR count). The van der Waals surface area contributed by atoms with Gasteiger partial charge in [-0.2, -0.15) is 0 Å². The Balaban J connectivity index is 2.03. The van der Waals surface area contributed by atoms with Crippen LogP contribution in [-0.4, -0.2) is 61.8 Å². The maximum atomic E-state index is 13.8. The Morgan fingerprint density at radius 3 is 2.42 bits per heavy atom. The molecular formula is C29H40FN3O6S. The van der Waals surface area contributed by atoms with E-state index >= 15 is 0 Å². The molecule has 0 spiro atoms. The predicted octanol–water partition coefficient (Wildman–Crippen LogP) is 5.46. The number of ether oxygens (including phenoxy) is 3. The molecule has 2 aromatic rings. The number of nitrogens with zero attached hydrogens (tertiary/aromatic N) is 3. The normalized spacial score (nSPS) is 20.1. The lowest BCUT2D eigenvalue weighted by Gasteiger charge is -2.39. The van der Waals surface area contributed by atoms with Gasteiger partial charge in [0.15, 0.2) is 5.79 Å². The molecule has 1 aliphatic rings. The van der Waals surface area contributed by atoms with E-state index in [0.29, 0.717) is 28.9 Å². The number of hydrogen-bond donors (Lipinski definition) is 0. The van der Waals surface area contributed by atoms with E-state index in [1.165, 1.54) is 19.2 Å². The average Bonchev–Trinajstić information content (AvgIpc) is 2.85. The molecule has 0 saturated carbocycles. The first-order chi connectivity index (χ1) is 18.6. The van der Waals surface area contributed by atoms with E-state index in [4.69, 9.17) is 14.2 Å². The number of sulfonamides is 1. The predicted molar refractivity (Wildman–Crippen MR) is 153 cm³/mol. The van der Waals surface area contributed by atoms with Gasteiger partial charge in [0.2, 0.25) is 16.0 Å². The van der Waals surface area contributed by atoms with E-state index in [2.05, 4.69) is 9.97 Å². The molecule has 0 amide bonds. The molecule has 1 fully saturated rings. The van der Waals surface area contributed by atoms with Gasteiger partial charge in [0.1, 0.15) is 5.82 Å². The van der Waals surface area contributed by atoms with Crippen LogP contribution in [0.2, 0.25) is 0 Å². The number of hydrogen-bond acceptors (Lipinski definition) is 8. The van der Waals surface area contributed by atoms with Crippen molar-refractivity contribution < 1.29 is 31.8 Å². The second-order valence-corrected chi connectivity index (χ2v) is 12.9. The van der Waals surface area contributed by atoms with Crippen molar-refractivity contribution in [2.45, 2.75) is 90.8 Å². The van der Waals surface area contributed by atoms with Gasteiger partial charge in [-0.1, -0.05) is 32.9 Å². The van der Waals surface area contributed by atoms with Gasteiger partial charge >= 0.3 is 5.97 Å². The zero-order valence-corrected chi connectivity index (χ0v) is 25.3. The van der Waals surface area contributed by atoms with Crippen LogP contribution in [0.5, 0.6) is 0 Å². The van der Waals surface area contributed by atoms with Crippen molar-refractivity contribution in [1.29, 1.82) is 0 Å². The summed E-state index contributed by atoms with van der Waals surface area (Å²) in [5, 5.41) is 0. The van der Waals surface area contributed by atoms with Crippen LogP contribution >= 0.6 is 0 Å². The van der Waals surface area contributed by atoms with Crippen molar-refractivity contribution in [3.05, 3.63) is 47.4 Å². The summed E-state index contributed by atoms with van der Waals surface area (Å²) in [7, 11) is -2.23. The molecule has 220 valence electrons. The molecule has 1 aromatic carbocycles. The summed E-state index contributed by atoms with van der Waals surface area (Å²) in [5.41, 5.74) is 2.34. The molecule has 0 aliphatic carbocycles. The standard InChI is InChI=1S/C29H40FN3O6S/c1-9-19(4)37-25(34)17-23-16-22(38-29(5,6)39-23)14-15-24-26(18(2)3)31-28(33(7)40(8,35)36)32-27(24)20-10-12-21(30)13-11-20/h10-15,18-19,22-23H,9,16-17H2,1-8H3/t19?,22-,23-/m1/s1. The van der Waals surface area contributed by atoms with Gasteiger partial charge < -0.3 is 14.2 Å². The number of carbonyl (C=O) groups excluding carboxylic acids is 1. The highest BCUT2D eigenvalue weighted by atomic mass is 32.2. The highest BCUT2D eigenvalue weighted by molar-refractivity contribution is 7.92. The van der Waals surface area contributed by atoms with Crippen LogP contribution in [0.15, 0.2) is 30.3 Å². The molecule has 11 heteroatoms. The van der Waals surface area contributed by atoms with Gasteiger partial charge in [-0.15, -0.1) is 0 Å². The van der Waals surface area contributed by atoms with Crippen LogP contribution in [0.1, 0.15) is 78.0 Å². The molecule has 1 aromatic heterocycles. The number of rotatable bonds is 10. The summed E-state index contributed by atoms with van der Waals surface area (Å²) in [4.78, 5) is 21.6. The van der Waals surface area contributed by atoms with E-state index in [1.54, 1.807) is 26.0 Å². The third-order valence-electron chi connectivity index (χ3n) is 6.57. The van der Waals surface area contributed by atoms with Gasteiger partial charge in [0.25, 0.3) is 0 Å². The Morgan fingerprint density at radius 1 is 1.20 bits per heavy atom. The lowest BCUT2D eigenvalue weighted by Crippen LogP contribution is -2.44. The largest absolute Gasteiger partial charge is 0.463 e. The molecule has 0 radical (unpaired) electrons. The molecule has 2 heterocycles. The van der Waals surface area contributed by atoms with Crippen molar-refractivity contribution in [3.63, 3.8) is 0 Å². The van der Waals surface area contributed by atoms with Gasteiger partial charge in [0, 0.05) is 24.6 Å². The highest BCUT2D eigenvalue weighted by Gasteiger charge is 2.36. The summed E-state index contributed by atoms with van der Waals surface area (Å²) in [6.45, 7) is 11.3. The molecule has 0 bridgehead atoms. The molecule has 1 unspecified atom stereocenters. The van der Waals surface area contributed by atoms with E-state index in [-0.39, 0.29) is 30.4 Å². The van der Waals surface area contributed by atoms with Crippen molar-refractivity contribution in [2.75, 3.05) is 17.6 Å². The Hall–Kier alpha value is -2.89. The van der Waals surface area contributed by atoms with Crippen LogP contribution in [0.4, 0.5) is 10.3 Å². The second-order valence-electron chi connectivity index (χ2n) is 10.9. The molecule has 1 aliphatic heterocycles. The Morgan fingerprint density at radius 2 is 1.85 bits per heavy atom. The van der Waals surface area contributed by atoms with E-state index in [1.807, 2.05) is 39.8 Å². The first-order valence-corrected chi connectivity index (χ1v) is 15.3. The summed E-state index contributed by atoms with van der Waals surface area (Å²) in [6, 6.07) is 5.84. The number of anilines is 1. The Bertz CT molecular complexity index is 1330. The lowest BCUT2D eigenvalue weighted by atomic mass is 9.97. The summed E-state index contributed by atoms with van der Waals surface area (Å²) in [5.74, 6) is -1.73. The van der Waals surface area contributed by atoms with E-state index in [0.717, 1.165) is 17.0 Å². The number of aromatic nitrogens is 2. The monoisotopic (exact) mass is 577 g/mol. The SMILES string of the molecule is CCC(C)OC(=O)C[C@H]1C[C@@H](C=Cc2c(-c3ccc(F)cc3)nc(N(C)S(C)(=O)=O)nc2C(C)C)OC(C)(C)O1. The van der Waals surface area contributed by atoms with Gasteiger partial charge in [-0.05, 0) is 57.4 Å². The molecule has 40 heavy (non-hydrogen) atoms. The minimum atomic E-state index is -3.63. The minimum absolute atomic E-state index is 0.0195. The second kappa shape index (κ2) is 12.7. The molecule has 9 nitrogen and oxygen atoms in total. The summed E-state index contributed by atoms with van der Waals surface area (Å²) < 4.78 is 56.9. The van der Waals surface area contributed by atoms with Crippen LogP contribution < -0.4 is 4.31 Å². The topological polar surface area (TPSA) is 108 Å². The molecule has 3 atom stereocenters. The third kappa shape index (κ3) is 8.31. The van der Waals surface area contributed by atoms with Crippen LogP contribution in [0.3, 0.4) is 0 Å². The minimum Gasteiger partial charge on any atom is -0.463 e. The quantitative estimate of drug-likeness (QED) is 0.343. The Labute approximate surface area is 236 Å². The number of carbonyl (C=O) groups is 1. The van der Waals surface area contributed by atoms with Gasteiger partial charge in [0.05, 0.1) is 42.4 Å². The van der Waals surface area contributed by atoms with Crippen LogP contribution in [-0.2, 0) is 29.0 Å². The maximum Gasteiger partial charge on any atom is 0.308 e. The zero-order chi connectivity index (χ0) is 29.8. The van der Waals surface area contributed by atoms with Crippen LogP contribution in [0.25, 0.3) is 17.3 Å². The van der Waals surface area contributed by atoms with Crippen molar-refractivity contribution in [1.82, 2.24) is 9.97 Å². The van der Waals surface area contributed by atoms with E-state index in [9.17, 15) is 17.6 Å². The third-order valence-corrected chi connectivity index (χ3v) is 7.73. The number of halogens is 1. The number of esters is 1. The average molecular weight is 578 g/mol. The first kappa shape index (κ1) is 31.6. The first-order valence-electron chi connectivity index (χ1n) is 13.4. The number of benzene rings is 1. The smallest absolute Gasteiger partial charge is 0.308 e. The molecule has 0 N–H and O–H groups in total. The fourth-order valence-corrected chi connectivity index (χ4v) is 4.71. The zero-order valence-electron chi connectivity index (χ0n) is 24.5. The molecular weight excluding hydrogens is 537 g/mol. The summed E-state index contributed by atoms with van der Waals surface area (Å²) in [6.07, 6.45) is 5.09. The molecule has 1 saturated heterocycles.